The second kappa shape index (κ2) is 5.85. The van der Waals surface area contributed by atoms with Gasteiger partial charge in [-0.05, 0) is 35.7 Å². The van der Waals surface area contributed by atoms with Gasteiger partial charge in [-0.15, -0.1) is 11.3 Å². The summed E-state index contributed by atoms with van der Waals surface area (Å²) in [4.78, 5) is 11.6. The van der Waals surface area contributed by atoms with E-state index < -0.39 is 5.97 Å². The van der Waals surface area contributed by atoms with Crippen LogP contribution in [0.25, 0.3) is 5.57 Å². The van der Waals surface area contributed by atoms with Gasteiger partial charge in [0.25, 0.3) is 0 Å². The van der Waals surface area contributed by atoms with Gasteiger partial charge in [0.15, 0.2) is 0 Å². The largest absolute Gasteiger partial charge is 0.478 e. The lowest BCUT2D eigenvalue weighted by Gasteiger charge is -2.02. The Hall–Kier alpha value is -2.58. The number of thiophene rings is 1. The van der Waals surface area contributed by atoms with Crippen molar-refractivity contribution in [1.82, 2.24) is 0 Å². The van der Waals surface area contributed by atoms with Crippen molar-refractivity contribution in [3.05, 3.63) is 58.4 Å². The maximum atomic E-state index is 10.7. The molecule has 0 spiro atoms. The van der Waals surface area contributed by atoms with Crippen LogP contribution in [0.1, 0.15) is 15.2 Å². The first-order valence-corrected chi connectivity index (χ1v) is 6.32. The Kier molecular flexibility index (Phi) is 3.96. The summed E-state index contributed by atoms with van der Waals surface area (Å²) < 4.78 is 0. The van der Waals surface area contributed by atoms with E-state index in [9.17, 15) is 4.79 Å². The highest BCUT2D eigenvalue weighted by atomic mass is 32.1. The summed E-state index contributed by atoms with van der Waals surface area (Å²) in [6.45, 7) is 0. The number of nitriles is 1. The van der Waals surface area contributed by atoms with Gasteiger partial charge in [-0.1, -0.05) is 6.07 Å². The molecule has 0 bridgehead atoms. The van der Waals surface area contributed by atoms with Gasteiger partial charge in [0, 0.05) is 16.8 Å². The molecule has 0 aliphatic rings. The molecule has 0 saturated carbocycles. The van der Waals surface area contributed by atoms with Crippen LogP contribution in [0.2, 0.25) is 0 Å². The number of nitrogens with one attached hydrogen (secondary N) is 1. The summed E-state index contributed by atoms with van der Waals surface area (Å²) >= 11 is 1.49. The molecule has 2 aromatic rings. The fraction of sp³-hybridized carbons (Fsp3) is 0. The van der Waals surface area contributed by atoms with Crippen molar-refractivity contribution >= 4 is 28.6 Å². The lowest BCUT2D eigenvalue weighted by Crippen LogP contribution is -1.96. The van der Waals surface area contributed by atoms with E-state index in [0.29, 0.717) is 5.57 Å². The summed E-state index contributed by atoms with van der Waals surface area (Å²) in [7, 11) is 0. The van der Waals surface area contributed by atoms with E-state index in [2.05, 4.69) is 11.4 Å². The normalized spacial score (nSPS) is 10.8. The number of hydrogen-bond acceptors (Lipinski definition) is 4. The molecule has 1 heterocycles. The van der Waals surface area contributed by atoms with Crippen molar-refractivity contribution in [2.45, 2.75) is 0 Å². The molecule has 2 rings (SSSR count). The van der Waals surface area contributed by atoms with Crippen LogP contribution in [-0.2, 0) is 0 Å². The molecule has 2 N–H and O–H groups in total. The molecule has 19 heavy (non-hydrogen) atoms. The van der Waals surface area contributed by atoms with Crippen molar-refractivity contribution < 1.29 is 9.90 Å². The highest BCUT2D eigenvalue weighted by Crippen LogP contribution is 2.19. The van der Waals surface area contributed by atoms with E-state index >= 15 is 0 Å². The second-order valence-corrected chi connectivity index (χ2v) is 4.62. The first kappa shape index (κ1) is 12.9. The molecular weight excluding hydrogens is 260 g/mol. The standard InChI is InChI=1S/C14H10N2O2S/c15-8-11(13-2-1-7-19-13)9-16-12-5-3-10(4-6-12)14(17)18/h1-7,9,16H,(H,17,18). The first-order valence-electron chi connectivity index (χ1n) is 5.45. The zero-order valence-corrected chi connectivity index (χ0v) is 10.6. The Morgan fingerprint density at radius 1 is 1.32 bits per heavy atom. The molecule has 1 aromatic heterocycles. The van der Waals surface area contributed by atoms with E-state index in [-0.39, 0.29) is 5.56 Å². The summed E-state index contributed by atoms with van der Waals surface area (Å²) in [5.41, 5.74) is 1.50. The van der Waals surface area contributed by atoms with Gasteiger partial charge in [0.1, 0.15) is 6.07 Å². The molecule has 94 valence electrons. The van der Waals surface area contributed by atoms with Crippen LogP contribution < -0.4 is 5.32 Å². The zero-order chi connectivity index (χ0) is 13.7. The van der Waals surface area contributed by atoms with Gasteiger partial charge in [-0.2, -0.15) is 5.26 Å². The molecular formula is C14H10N2O2S. The number of carbonyl (C=O) groups is 1. The average molecular weight is 270 g/mol. The Morgan fingerprint density at radius 2 is 2.05 bits per heavy atom. The van der Waals surface area contributed by atoms with E-state index in [4.69, 9.17) is 10.4 Å². The van der Waals surface area contributed by atoms with E-state index in [1.165, 1.54) is 23.5 Å². The number of aromatic carboxylic acids is 1. The highest BCUT2D eigenvalue weighted by Gasteiger charge is 2.02. The van der Waals surface area contributed by atoms with Crippen molar-refractivity contribution in [3.8, 4) is 6.07 Å². The molecule has 0 radical (unpaired) electrons. The number of carboxylic acids is 1. The molecule has 5 heteroatoms. The number of benzene rings is 1. The van der Waals surface area contributed by atoms with Gasteiger partial charge in [-0.25, -0.2) is 4.79 Å². The van der Waals surface area contributed by atoms with Gasteiger partial charge in [0.05, 0.1) is 11.1 Å². The van der Waals surface area contributed by atoms with E-state index in [0.717, 1.165) is 10.6 Å². The molecule has 0 atom stereocenters. The summed E-state index contributed by atoms with van der Waals surface area (Å²) in [6.07, 6.45) is 1.61. The van der Waals surface area contributed by atoms with Gasteiger partial charge >= 0.3 is 5.97 Å². The van der Waals surface area contributed by atoms with Crippen LogP contribution in [0, 0.1) is 11.3 Å². The third-order valence-electron chi connectivity index (χ3n) is 2.42. The first-order chi connectivity index (χ1) is 9.20. The minimum Gasteiger partial charge on any atom is -0.478 e. The van der Waals surface area contributed by atoms with Crippen LogP contribution in [0.5, 0.6) is 0 Å². The van der Waals surface area contributed by atoms with Crippen LogP contribution >= 0.6 is 11.3 Å². The van der Waals surface area contributed by atoms with Gasteiger partial charge in [-0.3, -0.25) is 0 Å². The maximum absolute atomic E-state index is 10.7. The topological polar surface area (TPSA) is 73.1 Å². The van der Waals surface area contributed by atoms with Crippen LogP contribution in [0.4, 0.5) is 5.69 Å². The predicted molar refractivity (Wildman–Crippen MR) is 74.9 cm³/mol. The minimum absolute atomic E-state index is 0.230. The van der Waals surface area contributed by atoms with Crippen molar-refractivity contribution in [2.24, 2.45) is 0 Å². The number of nitrogens with zero attached hydrogens (tertiary/aromatic N) is 1. The summed E-state index contributed by atoms with van der Waals surface area (Å²) in [5, 5.41) is 22.7. The Balaban J connectivity index is 2.13. The Bertz CT molecular complexity index is 637. The molecule has 0 aliphatic carbocycles. The Labute approximate surface area is 114 Å². The Morgan fingerprint density at radius 3 is 2.58 bits per heavy atom. The average Bonchev–Trinajstić information content (AvgIpc) is 2.94. The number of allylic oxidation sites excluding steroid dienone is 1. The molecule has 1 aromatic carbocycles. The fourth-order valence-electron chi connectivity index (χ4n) is 1.45. The van der Waals surface area contributed by atoms with E-state index in [1.54, 1.807) is 18.3 Å². The third kappa shape index (κ3) is 3.21. The SMILES string of the molecule is N#CC(=CNc1ccc(C(=O)O)cc1)c1cccs1. The van der Waals surface area contributed by atoms with Crippen LogP contribution in [0.3, 0.4) is 0 Å². The molecule has 0 unspecified atom stereocenters. The lowest BCUT2D eigenvalue weighted by molar-refractivity contribution is 0.0697. The summed E-state index contributed by atoms with van der Waals surface area (Å²) in [5.74, 6) is -0.960. The zero-order valence-electron chi connectivity index (χ0n) is 9.83. The molecule has 0 amide bonds. The number of carboxylic acid groups (broad SMARTS) is 1. The molecule has 0 saturated heterocycles. The molecule has 0 aliphatic heterocycles. The predicted octanol–water partition coefficient (Wildman–Crippen LogP) is 3.42. The smallest absolute Gasteiger partial charge is 0.335 e. The van der Waals surface area contributed by atoms with Crippen LogP contribution in [-0.4, -0.2) is 11.1 Å². The number of hydrogen-bond donors (Lipinski definition) is 2. The fourth-order valence-corrected chi connectivity index (χ4v) is 2.15. The van der Waals surface area contributed by atoms with Gasteiger partial charge < -0.3 is 10.4 Å². The minimum atomic E-state index is -0.960. The quantitative estimate of drug-likeness (QED) is 0.835. The number of rotatable bonds is 4. The number of anilines is 1. The monoisotopic (exact) mass is 270 g/mol. The second-order valence-electron chi connectivity index (χ2n) is 3.67. The van der Waals surface area contributed by atoms with Crippen molar-refractivity contribution in [1.29, 1.82) is 5.26 Å². The third-order valence-corrected chi connectivity index (χ3v) is 3.33. The molecule has 0 fully saturated rings. The highest BCUT2D eigenvalue weighted by molar-refractivity contribution is 7.11. The summed E-state index contributed by atoms with van der Waals surface area (Å²) in [6, 6.07) is 12.2. The lowest BCUT2D eigenvalue weighted by atomic mass is 10.2. The van der Waals surface area contributed by atoms with Crippen molar-refractivity contribution in [3.63, 3.8) is 0 Å². The van der Waals surface area contributed by atoms with Crippen molar-refractivity contribution in [2.75, 3.05) is 5.32 Å². The molecule has 4 nitrogen and oxygen atoms in total. The maximum Gasteiger partial charge on any atom is 0.335 e. The van der Waals surface area contributed by atoms with Crippen LogP contribution in [0.15, 0.2) is 48.0 Å². The van der Waals surface area contributed by atoms with E-state index in [1.807, 2.05) is 17.5 Å². The van der Waals surface area contributed by atoms with Gasteiger partial charge in [0.2, 0.25) is 0 Å².